The molecule has 0 spiro atoms. The molecule has 26 heavy (non-hydrogen) atoms. The third kappa shape index (κ3) is 11.7. The molecule has 3 unspecified atom stereocenters. The van der Waals surface area contributed by atoms with Crippen LogP contribution in [-0.2, 0) is 9.59 Å². The summed E-state index contributed by atoms with van der Waals surface area (Å²) in [6.07, 6.45) is 8.36. The van der Waals surface area contributed by atoms with Crippen LogP contribution in [0.4, 0.5) is 0 Å². The molecule has 0 aromatic heterocycles. The Labute approximate surface area is 169 Å². The molecular formula is C21H35Cl2NO2. The summed E-state index contributed by atoms with van der Waals surface area (Å²) in [5.74, 6) is 0.254. The van der Waals surface area contributed by atoms with Gasteiger partial charge >= 0.3 is 0 Å². The average Bonchev–Trinajstić information content (AvgIpc) is 2.60. The van der Waals surface area contributed by atoms with Crippen LogP contribution in [0.25, 0.3) is 0 Å². The molecule has 3 atom stereocenters. The minimum absolute atomic E-state index is 0.00457. The number of hydrogen-bond acceptors (Lipinski definition) is 2. The SMILES string of the molecule is CCCC(=CCl)CCCC(=O)NC(C)CC(C)C(=O)C(C)CCC=CCl. The van der Waals surface area contributed by atoms with Crippen LogP contribution >= 0.6 is 23.2 Å². The topological polar surface area (TPSA) is 46.2 Å². The Morgan fingerprint density at radius 3 is 2.31 bits per heavy atom. The Morgan fingerprint density at radius 2 is 1.73 bits per heavy atom. The Hall–Kier alpha value is -0.800. The first kappa shape index (κ1) is 25.2. The van der Waals surface area contributed by atoms with E-state index in [1.807, 2.05) is 26.8 Å². The summed E-state index contributed by atoms with van der Waals surface area (Å²) in [6, 6.07) is -0.00457. The maximum atomic E-state index is 12.4. The molecule has 3 nitrogen and oxygen atoms in total. The van der Waals surface area contributed by atoms with Gasteiger partial charge < -0.3 is 5.32 Å². The molecule has 0 aromatic carbocycles. The molecule has 0 aliphatic rings. The highest BCUT2D eigenvalue weighted by molar-refractivity contribution is 6.25. The number of Topliss-reactive ketones (excluding diaryl/α,β-unsaturated/α-hetero) is 1. The second-order valence-electron chi connectivity index (χ2n) is 7.22. The van der Waals surface area contributed by atoms with Crippen molar-refractivity contribution in [2.24, 2.45) is 11.8 Å². The van der Waals surface area contributed by atoms with E-state index in [2.05, 4.69) is 12.2 Å². The van der Waals surface area contributed by atoms with Gasteiger partial charge in [-0.15, -0.1) is 0 Å². The number of rotatable bonds is 14. The molecule has 150 valence electrons. The van der Waals surface area contributed by atoms with Gasteiger partial charge in [0.15, 0.2) is 0 Å². The van der Waals surface area contributed by atoms with Crippen LogP contribution < -0.4 is 5.32 Å². The maximum Gasteiger partial charge on any atom is 0.220 e. The fraction of sp³-hybridized carbons (Fsp3) is 0.714. The van der Waals surface area contributed by atoms with Crippen LogP contribution in [0.1, 0.15) is 79.1 Å². The van der Waals surface area contributed by atoms with Crippen molar-refractivity contribution in [1.29, 1.82) is 0 Å². The predicted molar refractivity (Wildman–Crippen MR) is 112 cm³/mol. The van der Waals surface area contributed by atoms with Crippen molar-refractivity contribution in [3.05, 3.63) is 22.7 Å². The van der Waals surface area contributed by atoms with Gasteiger partial charge in [-0.05, 0) is 45.4 Å². The molecule has 0 saturated heterocycles. The van der Waals surface area contributed by atoms with Crippen molar-refractivity contribution >= 4 is 34.9 Å². The molecule has 0 aromatic rings. The molecule has 0 heterocycles. The summed E-state index contributed by atoms with van der Waals surface area (Å²) < 4.78 is 0. The molecule has 1 amide bonds. The number of carbonyl (C=O) groups is 2. The van der Waals surface area contributed by atoms with Crippen LogP contribution in [0, 0.1) is 11.8 Å². The Morgan fingerprint density at radius 1 is 1.04 bits per heavy atom. The molecule has 5 heteroatoms. The standard InChI is InChI=1S/C21H35Cl2NO2/c1-5-9-19(15-23)11-8-12-20(25)24-18(4)14-17(3)21(26)16(2)10-6-7-13-22/h7,13,15-18H,5-6,8-12,14H2,1-4H3,(H,24,25). The molecule has 0 rings (SSSR count). The van der Waals surface area contributed by atoms with Gasteiger partial charge in [-0.1, -0.05) is 62.0 Å². The molecule has 0 aliphatic heterocycles. The van der Waals surface area contributed by atoms with Gasteiger partial charge in [0.25, 0.3) is 0 Å². The minimum Gasteiger partial charge on any atom is -0.354 e. The summed E-state index contributed by atoms with van der Waals surface area (Å²) in [4.78, 5) is 24.5. The summed E-state index contributed by atoms with van der Waals surface area (Å²) >= 11 is 11.3. The summed E-state index contributed by atoms with van der Waals surface area (Å²) in [7, 11) is 0. The first-order valence-electron chi connectivity index (χ1n) is 9.72. The van der Waals surface area contributed by atoms with E-state index in [0.29, 0.717) is 12.8 Å². The number of hydrogen-bond donors (Lipinski definition) is 1. The largest absolute Gasteiger partial charge is 0.354 e. The van der Waals surface area contributed by atoms with Crippen LogP contribution in [0.2, 0.25) is 0 Å². The van der Waals surface area contributed by atoms with Crippen LogP contribution in [0.15, 0.2) is 22.7 Å². The van der Waals surface area contributed by atoms with Crippen molar-refractivity contribution in [3.8, 4) is 0 Å². The molecule has 0 bridgehead atoms. The first-order chi connectivity index (χ1) is 12.3. The lowest BCUT2D eigenvalue weighted by Gasteiger charge is -2.20. The summed E-state index contributed by atoms with van der Waals surface area (Å²) in [5.41, 5.74) is 4.33. The van der Waals surface area contributed by atoms with Gasteiger partial charge in [-0.3, -0.25) is 9.59 Å². The number of ketones is 1. The molecule has 1 N–H and O–H groups in total. The average molecular weight is 404 g/mol. The normalized spacial score (nSPS) is 15.7. The van der Waals surface area contributed by atoms with Gasteiger partial charge in [-0.25, -0.2) is 0 Å². The van der Waals surface area contributed by atoms with Crippen molar-refractivity contribution in [2.45, 2.75) is 85.1 Å². The van der Waals surface area contributed by atoms with E-state index in [-0.39, 0.29) is 29.6 Å². The van der Waals surface area contributed by atoms with Crippen LogP contribution in [0.3, 0.4) is 0 Å². The van der Waals surface area contributed by atoms with E-state index >= 15 is 0 Å². The summed E-state index contributed by atoms with van der Waals surface area (Å²) in [5, 5.41) is 3.01. The lowest BCUT2D eigenvalue weighted by atomic mass is 9.88. The van der Waals surface area contributed by atoms with Crippen LogP contribution in [-0.4, -0.2) is 17.7 Å². The Balaban J connectivity index is 4.16. The van der Waals surface area contributed by atoms with Gasteiger partial charge in [0.05, 0.1) is 0 Å². The highest BCUT2D eigenvalue weighted by Gasteiger charge is 2.22. The van der Waals surface area contributed by atoms with Crippen LogP contribution in [0.5, 0.6) is 0 Å². The van der Waals surface area contributed by atoms with E-state index in [1.165, 1.54) is 11.1 Å². The van der Waals surface area contributed by atoms with Gasteiger partial charge in [0.2, 0.25) is 5.91 Å². The number of allylic oxidation sites excluding steroid dienone is 2. The molecule has 0 radical (unpaired) electrons. The number of amides is 1. The van der Waals surface area contributed by atoms with E-state index in [9.17, 15) is 9.59 Å². The smallest absolute Gasteiger partial charge is 0.220 e. The van der Waals surface area contributed by atoms with E-state index in [0.717, 1.165) is 38.5 Å². The lowest BCUT2D eigenvalue weighted by molar-refractivity contribution is -0.127. The highest BCUT2D eigenvalue weighted by atomic mass is 35.5. The second-order valence-corrected chi connectivity index (χ2v) is 7.69. The molecule has 0 fully saturated rings. The lowest BCUT2D eigenvalue weighted by Crippen LogP contribution is -2.35. The van der Waals surface area contributed by atoms with Gasteiger partial charge in [0, 0.05) is 35.4 Å². The zero-order chi connectivity index (χ0) is 19.9. The minimum atomic E-state index is -0.0596. The number of carbonyl (C=O) groups excluding carboxylic acids is 2. The molecule has 0 saturated carbocycles. The van der Waals surface area contributed by atoms with Gasteiger partial charge in [0.1, 0.15) is 5.78 Å². The maximum absolute atomic E-state index is 12.4. The van der Waals surface area contributed by atoms with E-state index in [1.54, 1.807) is 5.54 Å². The van der Waals surface area contributed by atoms with E-state index in [4.69, 9.17) is 23.2 Å². The van der Waals surface area contributed by atoms with Crippen molar-refractivity contribution in [3.63, 3.8) is 0 Å². The molecule has 0 aliphatic carbocycles. The summed E-state index contributed by atoms with van der Waals surface area (Å²) in [6.45, 7) is 7.99. The monoisotopic (exact) mass is 403 g/mol. The van der Waals surface area contributed by atoms with E-state index < -0.39 is 0 Å². The number of nitrogens with one attached hydrogen (secondary N) is 1. The highest BCUT2D eigenvalue weighted by Crippen LogP contribution is 2.18. The van der Waals surface area contributed by atoms with Crippen molar-refractivity contribution in [2.75, 3.05) is 0 Å². The third-order valence-electron chi connectivity index (χ3n) is 4.57. The Bertz CT molecular complexity index is 475. The predicted octanol–water partition coefficient (Wildman–Crippen LogP) is 6.35. The quantitative estimate of drug-likeness (QED) is 0.367. The van der Waals surface area contributed by atoms with Crippen molar-refractivity contribution in [1.82, 2.24) is 5.32 Å². The zero-order valence-electron chi connectivity index (χ0n) is 16.7. The number of halogens is 2. The van der Waals surface area contributed by atoms with Crippen molar-refractivity contribution < 1.29 is 9.59 Å². The Kier molecular flexibility index (Phi) is 14.8. The second kappa shape index (κ2) is 15.3. The fourth-order valence-electron chi connectivity index (χ4n) is 3.12. The third-order valence-corrected chi connectivity index (χ3v) is 5.06. The first-order valence-corrected chi connectivity index (χ1v) is 10.6. The fourth-order valence-corrected chi connectivity index (χ4v) is 3.47. The van der Waals surface area contributed by atoms with Gasteiger partial charge in [-0.2, -0.15) is 0 Å². The molecular weight excluding hydrogens is 369 g/mol. The zero-order valence-corrected chi connectivity index (χ0v) is 18.2.